The van der Waals surface area contributed by atoms with Crippen molar-refractivity contribution in [2.24, 2.45) is 0 Å². The van der Waals surface area contributed by atoms with E-state index in [-0.39, 0.29) is 6.42 Å². The summed E-state index contributed by atoms with van der Waals surface area (Å²) < 4.78 is 66.7. The Kier molecular flexibility index (Phi) is 14.5. The van der Waals surface area contributed by atoms with E-state index in [0.717, 1.165) is 12.8 Å². The van der Waals surface area contributed by atoms with Gasteiger partial charge in [0, 0.05) is 19.6 Å². The van der Waals surface area contributed by atoms with Crippen LogP contribution >= 0.6 is 0 Å². The molecule has 0 unspecified atom stereocenters. The fourth-order valence-electron chi connectivity index (χ4n) is 2.66. The molecule has 0 aliphatic rings. The predicted octanol–water partition coefficient (Wildman–Crippen LogP) is 7.68. The van der Waals surface area contributed by atoms with Crippen molar-refractivity contribution in [2.45, 2.75) is 109 Å². The van der Waals surface area contributed by atoms with E-state index in [1.165, 1.54) is 51.4 Å². The van der Waals surface area contributed by atoms with Crippen LogP contribution in [0.1, 0.15) is 96.8 Å². The average Bonchev–Trinajstić information content (AvgIpc) is 2.53. The molecule has 0 atom stereocenters. The largest absolute Gasteiger partial charge is 0.453 e. The third-order valence-electron chi connectivity index (χ3n) is 4.34. The molecule has 0 amide bonds. The highest BCUT2D eigenvalue weighted by molar-refractivity contribution is 4.75. The Bertz CT molecular complexity index is 292. The van der Waals surface area contributed by atoms with E-state index >= 15 is 0 Å². The lowest BCUT2D eigenvalue weighted by molar-refractivity contribution is -0.284. The minimum Gasteiger partial charge on any atom is -0.381 e. The molecule has 0 radical (unpaired) electrons. The van der Waals surface area contributed by atoms with Crippen LogP contribution in [-0.2, 0) is 4.74 Å². The van der Waals surface area contributed by atoms with Crippen molar-refractivity contribution in [3.05, 3.63) is 0 Å². The number of rotatable bonds is 17. The lowest BCUT2D eigenvalue weighted by Gasteiger charge is -2.19. The minimum absolute atomic E-state index is 0.106. The van der Waals surface area contributed by atoms with Crippen molar-refractivity contribution < 1.29 is 26.7 Å². The van der Waals surface area contributed by atoms with Crippen LogP contribution in [0.15, 0.2) is 0 Å². The summed E-state index contributed by atoms with van der Waals surface area (Å²) in [4.78, 5) is 0. The van der Waals surface area contributed by atoms with Gasteiger partial charge in [-0.3, -0.25) is 0 Å². The quantitative estimate of drug-likeness (QED) is 0.187. The van der Waals surface area contributed by atoms with Gasteiger partial charge >= 0.3 is 12.1 Å². The van der Waals surface area contributed by atoms with Crippen molar-refractivity contribution in [2.75, 3.05) is 13.2 Å². The van der Waals surface area contributed by atoms with Gasteiger partial charge in [-0.1, -0.05) is 71.1 Å². The van der Waals surface area contributed by atoms with Gasteiger partial charge in [0.25, 0.3) is 0 Å². The van der Waals surface area contributed by atoms with Gasteiger partial charge in [0.2, 0.25) is 0 Å². The van der Waals surface area contributed by atoms with Crippen LogP contribution in [-0.4, -0.2) is 25.3 Å². The Morgan fingerprint density at radius 2 is 0.960 bits per heavy atom. The first kappa shape index (κ1) is 24.6. The molecular weight excluding hydrogens is 339 g/mol. The number of ether oxygens (including phenoxy) is 1. The Balaban J connectivity index is 3.22. The molecule has 0 heterocycles. The van der Waals surface area contributed by atoms with E-state index in [9.17, 15) is 22.0 Å². The molecule has 0 aromatic heterocycles. The third kappa shape index (κ3) is 14.5. The van der Waals surface area contributed by atoms with Crippen LogP contribution in [0.3, 0.4) is 0 Å². The first-order valence-electron chi connectivity index (χ1n) is 9.83. The van der Waals surface area contributed by atoms with Crippen LogP contribution in [0.25, 0.3) is 0 Å². The number of hydrogen-bond donors (Lipinski definition) is 0. The second kappa shape index (κ2) is 14.7. The number of unbranched alkanes of at least 4 members (excludes halogenated alkanes) is 11. The lowest BCUT2D eigenvalue weighted by atomic mass is 10.1. The zero-order chi connectivity index (χ0) is 19.0. The Labute approximate surface area is 149 Å². The molecule has 0 spiro atoms. The number of alkyl halides is 5. The molecule has 6 heteroatoms. The topological polar surface area (TPSA) is 9.23 Å². The van der Waals surface area contributed by atoms with Crippen molar-refractivity contribution in [3.63, 3.8) is 0 Å². The second-order valence-electron chi connectivity index (χ2n) is 6.81. The standard InChI is InChI=1S/C19H35F5O/c1-2-3-4-5-6-7-8-10-13-16-25-17-14-11-9-12-15-18(20,21)19(22,23)24/h2-17H2,1H3. The van der Waals surface area contributed by atoms with Crippen molar-refractivity contribution in [1.82, 2.24) is 0 Å². The van der Waals surface area contributed by atoms with Gasteiger partial charge in [0.05, 0.1) is 0 Å². The molecule has 1 nitrogen and oxygen atoms in total. The van der Waals surface area contributed by atoms with Gasteiger partial charge in [-0.15, -0.1) is 0 Å². The first-order valence-corrected chi connectivity index (χ1v) is 9.83. The predicted molar refractivity (Wildman–Crippen MR) is 92.1 cm³/mol. The molecule has 0 aromatic rings. The number of hydrogen-bond acceptors (Lipinski definition) is 1. The Hall–Kier alpha value is -0.390. The Morgan fingerprint density at radius 1 is 0.560 bits per heavy atom. The SMILES string of the molecule is CCCCCCCCCCCOCCCCCCC(F)(F)C(F)(F)F. The molecule has 0 fully saturated rings. The molecule has 25 heavy (non-hydrogen) atoms. The second-order valence-corrected chi connectivity index (χ2v) is 6.81. The van der Waals surface area contributed by atoms with Crippen LogP contribution < -0.4 is 0 Å². The maximum absolute atomic E-state index is 12.7. The smallest absolute Gasteiger partial charge is 0.381 e. The highest BCUT2D eigenvalue weighted by Crippen LogP contribution is 2.39. The summed E-state index contributed by atoms with van der Waals surface area (Å²) in [5.41, 5.74) is 0. The fraction of sp³-hybridized carbons (Fsp3) is 1.00. The summed E-state index contributed by atoms with van der Waals surface area (Å²) in [7, 11) is 0. The van der Waals surface area contributed by atoms with Gasteiger partial charge in [0.1, 0.15) is 0 Å². The average molecular weight is 374 g/mol. The molecule has 0 N–H and O–H groups in total. The molecule has 0 bridgehead atoms. The molecule has 0 aliphatic carbocycles. The van der Waals surface area contributed by atoms with Crippen LogP contribution in [0, 0.1) is 0 Å². The zero-order valence-electron chi connectivity index (χ0n) is 15.6. The molecule has 152 valence electrons. The summed E-state index contributed by atoms with van der Waals surface area (Å²) in [6, 6.07) is 0. The van der Waals surface area contributed by atoms with E-state index in [1.54, 1.807) is 0 Å². The summed E-state index contributed by atoms with van der Waals surface area (Å²) >= 11 is 0. The van der Waals surface area contributed by atoms with E-state index in [1.807, 2.05) is 0 Å². The Morgan fingerprint density at radius 3 is 1.40 bits per heavy atom. The van der Waals surface area contributed by atoms with Gasteiger partial charge in [0.15, 0.2) is 0 Å². The lowest BCUT2D eigenvalue weighted by Crippen LogP contribution is -2.36. The van der Waals surface area contributed by atoms with E-state index < -0.39 is 18.5 Å². The first-order chi connectivity index (χ1) is 11.8. The molecule has 0 saturated heterocycles. The normalized spacial score (nSPS) is 12.7. The molecule has 0 aromatic carbocycles. The molecular formula is C19H35F5O. The van der Waals surface area contributed by atoms with Crippen molar-refractivity contribution >= 4 is 0 Å². The summed E-state index contributed by atoms with van der Waals surface area (Å²) in [6.07, 6.45) is 6.40. The van der Waals surface area contributed by atoms with Crippen LogP contribution in [0.4, 0.5) is 22.0 Å². The van der Waals surface area contributed by atoms with Gasteiger partial charge in [-0.25, -0.2) is 0 Å². The van der Waals surface area contributed by atoms with Crippen LogP contribution in [0.5, 0.6) is 0 Å². The van der Waals surface area contributed by atoms with Gasteiger partial charge < -0.3 is 4.74 Å². The van der Waals surface area contributed by atoms with Crippen LogP contribution in [0.2, 0.25) is 0 Å². The van der Waals surface area contributed by atoms with E-state index in [2.05, 4.69) is 6.92 Å². The fourth-order valence-corrected chi connectivity index (χ4v) is 2.66. The highest BCUT2D eigenvalue weighted by atomic mass is 19.4. The molecule has 0 rings (SSSR count). The van der Waals surface area contributed by atoms with Crippen molar-refractivity contribution in [3.8, 4) is 0 Å². The summed E-state index contributed by atoms with van der Waals surface area (Å²) in [5.74, 6) is -4.56. The monoisotopic (exact) mass is 374 g/mol. The van der Waals surface area contributed by atoms with Crippen molar-refractivity contribution in [1.29, 1.82) is 0 Å². The minimum atomic E-state index is -5.42. The zero-order valence-corrected chi connectivity index (χ0v) is 15.6. The summed E-state index contributed by atoms with van der Waals surface area (Å²) in [5, 5.41) is 0. The molecule has 0 aliphatic heterocycles. The summed E-state index contributed by atoms with van der Waals surface area (Å²) in [6.45, 7) is 3.49. The maximum atomic E-state index is 12.7. The third-order valence-corrected chi connectivity index (χ3v) is 4.34. The van der Waals surface area contributed by atoms with Gasteiger partial charge in [-0.2, -0.15) is 22.0 Å². The maximum Gasteiger partial charge on any atom is 0.453 e. The highest BCUT2D eigenvalue weighted by Gasteiger charge is 2.56. The van der Waals surface area contributed by atoms with E-state index in [0.29, 0.717) is 26.1 Å². The molecule has 0 saturated carbocycles. The number of halogens is 5. The van der Waals surface area contributed by atoms with Gasteiger partial charge in [-0.05, 0) is 19.3 Å². The van der Waals surface area contributed by atoms with E-state index in [4.69, 9.17) is 4.74 Å².